The minimum Gasteiger partial charge on any atom is -0.365 e. The summed E-state index contributed by atoms with van der Waals surface area (Å²) in [5, 5.41) is 3.34. The molecule has 0 saturated carbocycles. The standard InChI is InChI=1S/C16H21N3/c1-16(2,3)19-14-10-9-13(11-18-14)15(17)12-7-5-4-6-8-12/h4-11,15H,17H2,1-3H3,(H,18,19). The molecular weight excluding hydrogens is 234 g/mol. The van der Waals surface area contributed by atoms with Crippen LogP contribution < -0.4 is 11.1 Å². The van der Waals surface area contributed by atoms with Crippen LogP contribution in [0.25, 0.3) is 0 Å². The number of rotatable bonds is 3. The molecule has 3 N–H and O–H groups in total. The summed E-state index contributed by atoms with van der Waals surface area (Å²) in [6.07, 6.45) is 1.84. The fourth-order valence-electron chi connectivity index (χ4n) is 1.90. The van der Waals surface area contributed by atoms with Gasteiger partial charge in [-0.25, -0.2) is 4.98 Å². The lowest BCUT2D eigenvalue weighted by Gasteiger charge is -2.21. The predicted octanol–water partition coefficient (Wildman–Crippen LogP) is 3.34. The lowest BCUT2D eigenvalue weighted by molar-refractivity contribution is 0.630. The van der Waals surface area contributed by atoms with Crippen molar-refractivity contribution in [2.45, 2.75) is 32.4 Å². The van der Waals surface area contributed by atoms with Crippen LogP contribution in [0.3, 0.4) is 0 Å². The molecule has 0 saturated heterocycles. The third-order valence-corrected chi connectivity index (χ3v) is 2.81. The van der Waals surface area contributed by atoms with E-state index in [1.807, 2.05) is 48.7 Å². The van der Waals surface area contributed by atoms with Gasteiger partial charge in [0.15, 0.2) is 0 Å². The lowest BCUT2D eigenvalue weighted by atomic mass is 10.0. The van der Waals surface area contributed by atoms with Crippen molar-refractivity contribution >= 4 is 5.82 Å². The molecule has 0 aliphatic carbocycles. The van der Waals surface area contributed by atoms with E-state index in [1.165, 1.54) is 0 Å². The summed E-state index contributed by atoms with van der Waals surface area (Å²) >= 11 is 0. The highest BCUT2D eigenvalue weighted by Crippen LogP contribution is 2.20. The van der Waals surface area contributed by atoms with Crippen LogP contribution in [0, 0.1) is 0 Å². The van der Waals surface area contributed by atoms with Gasteiger partial charge in [0.2, 0.25) is 0 Å². The fraction of sp³-hybridized carbons (Fsp3) is 0.312. The summed E-state index contributed by atoms with van der Waals surface area (Å²) in [6, 6.07) is 13.9. The Balaban J connectivity index is 2.15. The number of hydrogen-bond acceptors (Lipinski definition) is 3. The summed E-state index contributed by atoms with van der Waals surface area (Å²) in [5.74, 6) is 0.872. The van der Waals surface area contributed by atoms with E-state index in [4.69, 9.17) is 5.73 Å². The molecule has 0 aliphatic heterocycles. The van der Waals surface area contributed by atoms with E-state index in [1.54, 1.807) is 0 Å². The number of benzene rings is 1. The molecule has 0 amide bonds. The lowest BCUT2D eigenvalue weighted by Crippen LogP contribution is -2.26. The van der Waals surface area contributed by atoms with Crippen LogP contribution in [0.15, 0.2) is 48.7 Å². The third-order valence-electron chi connectivity index (χ3n) is 2.81. The van der Waals surface area contributed by atoms with Crippen molar-refractivity contribution in [2.75, 3.05) is 5.32 Å². The summed E-state index contributed by atoms with van der Waals surface area (Å²) in [7, 11) is 0. The Kier molecular flexibility index (Phi) is 3.86. The molecule has 3 nitrogen and oxygen atoms in total. The third kappa shape index (κ3) is 3.80. The molecule has 100 valence electrons. The van der Waals surface area contributed by atoms with Crippen molar-refractivity contribution in [2.24, 2.45) is 5.73 Å². The van der Waals surface area contributed by atoms with Gasteiger partial charge in [0, 0.05) is 11.7 Å². The Morgan fingerprint density at radius 3 is 2.21 bits per heavy atom. The zero-order valence-corrected chi connectivity index (χ0v) is 11.7. The van der Waals surface area contributed by atoms with E-state index in [-0.39, 0.29) is 11.6 Å². The van der Waals surface area contributed by atoms with E-state index >= 15 is 0 Å². The Labute approximate surface area is 114 Å². The fourth-order valence-corrected chi connectivity index (χ4v) is 1.90. The Morgan fingerprint density at radius 1 is 1.00 bits per heavy atom. The highest BCUT2D eigenvalue weighted by atomic mass is 15.0. The number of nitrogens with two attached hydrogens (primary N) is 1. The summed E-state index contributed by atoms with van der Waals surface area (Å²) in [4.78, 5) is 4.42. The van der Waals surface area contributed by atoms with Crippen LogP contribution in [-0.2, 0) is 0 Å². The molecular formula is C16H21N3. The number of nitrogens with one attached hydrogen (secondary N) is 1. The number of aromatic nitrogens is 1. The highest BCUT2D eigenvalue weighted by molar-refractivity contribution is 5.40. The van der Waals surface area contributed by atoms with Gasteiger partial charge in [0.05, 0.1) is 6.04 Å². The van der Waals surface area contributed by atoms with Crippen LogP contribution >= 0.6 is 0 Å². The van der Waals surface area contributed by atoms with Gasteiger partial charge < -0.3 is 11.1 Å². The quantitative estimate of drug-likeness (QED) is 0.884. The maximum Gasteiger partial charge on any atom is 0.126 e. The van der Waals surface area contributed by atoms with Gasteiger partial charge in [-0.2, -0.15) is 0 Å². The van der Waals surface area contributed by atoms with Gasteiger partial charge in [-0.3, -0.25) is 0 Å². The zero-order chi connectivity index (χ0) is 13.9. The van der Waals surface area contributed by atoms with E-state index in [2.05, 4.69) is 31.1 Å². The predicted molar refractivity (Wildman–Crippen MR) is 80.1 cm³/mol. The van der Waals surface area contributed by atoms with Gasteiger partial charge >= 0.3 is 0 Å². The second-order valence-corrected chi connectivity index (χ2v) is 5.74. The smallest absolute Gasteiger partial charge is 0.126 e. The van der Waals surface area contributed by atoms with E-state index < -0.39 is 0 Å². The topological polar surface area (TPSA) is 50.9 Å². The number of hydrogen-bond donors (Lipinski definition) is 2. The van der Waals surface area contributed by atoms with Crippen molar-refractivity contribution in [1.29, 1.82) is 0 Å². The van der Waals surface area contributed by atoms with Gasteiger partial charge in [0.25, 0.3) is 0 Å². The molecule has 1 heterocycles. The summed E-state index contributed by atoms with van der Waals surface area (Å²) in [6.45, 7) is 6.33. The minimum atomic E-state index is -0.127. The van der Waals surface area contributed by atoms with Crippen LogP contribution in [0.1, 0.15) is 37.9 Å². The molecule has 3 heteroatoms. The number of pyridine rings is 1. The molecule has 0 aliphatic rings. The largest absolute Gasteiger partial charge is 0.365 e. The second-order valence-electron chi connectivity index (χ2n) is 5.74. The summed E-state index contributed by atoms with van der Waals surface area (Å²) < 4.78 is 0. The Morgan fingerprint density at radius 2 is 1.68 bits per heavy atom. The van der Waals surface area contributed by atoms with Gasteiger partial charge in [-0.1, -0.05) is 36.4 Å². The first-order valence-electron chi connectivity index (χ1n) is 6.50. The van der Waals surface area contributed by atoms with Crippen LogP contribution in [0.5, 0.6) is 0 Å². The average Bonchev–Trinajstić information content (AvgIpc) is 2.38. The molecule has 1 unspecified atom stereocenters. The number of nitrogens with zero attached hydrogens (tertiary/aromatic N) is 1. The highest BCUT2D eigenvalue weighted by Gasteiger charge is 2.12. The first kappa shape index (κ1) is 13.6. The van der Waals surface area contributed by atoms with Gasteiger partial charge in [-0.15, -0.1) is 0 Å². The van der Waals surface area contributed by atoms with Crippen molar-refractivity contribution < 1.29 is 0 Å². The molecule has 1 aromatic heterocycles. The monoisotopic (exact) mass is 255 g/mol. The van der Waals surface area contributed by atoms with Crippen molar-refractivity contribution in [1.82, 2.24) is 4.98 Å². The van der Waals surface area contributed by atoms with Gasteiger partial charge in [-0.05, 0) is 38.0 Å². The van der Waals surface area contributed by atoms with Gasteiger partial charge in [0.1, 0.15) is 5.82 Å². The molecule has 2 rings (SSSR count). The average molecular weight is 255 g/mol. The first-order valence-corrected chi connectivity index (χ1v) is 6.50. The van der Waals surface area contributed by atoms with Crippen LogP contribution in [0.4, 0.5) is 5.82 Å². The van der Waals surface area contributed by atoms with Crippen molar-refractivity contribution in [3.05, 3.63) is 59.8 Å². The maximum atomic E-state index is 6.23. The molecule has 0 radical (unpaired) electrons. The van der Waals surface area contributed by atoms with Crippen molar-refractivity contribution in [3.8, 4) is 0 Å². The van der Waals surface area contributed by atoms with E-state index in [0.29, 0.717) is 0 Å². The van der Waals surface area contributed by atoms with E-state index in [9.17, 15) is 0 Å². The molecule has 0 bridgehead atoms. The SMILES string of the molecule is CC(C)(C)Nc1ccc(C(N)c2ccccc2)cn1. The van der Waals surface area contributed by atoms with Crippen LogP contribution in [-0.4, -0.2) is 10.5 Å². The molecule has 1 atom stereocenters. The zero-order valence-electron chi connectivity index (χ0n) is 11.7. The van der Waals surface area contributed by atoms with Crippen molar-refractivity contribution in [3.63, 3.8) is 0 Å². The maximum absolute atomic E-state index is 6.23. The minimum absolute atomic E-state index is 0.00998. The van der Waals surface area contributed by atoms with Crippen LogP contribution in [0.2, 0.25) is 0 Å². The summed E-state index contributed by atoms with van der Waals surface area (Å²) in [5.41, 5.74) is 8.36. The first-order chi connectivity index (χ1) is 8.96. The Bertz CT molecular complexity index is 512. The molecule has 19 heavy (non-hydrogen) atoms. The molecule has 1 aromatic carbocycles. The molecule has 0 fully saturated rings. The molecule has 0 spiro atoms. The Hall–Kier alpha value is -1.87. The normalized spacial score (nSPS) is 13.1. The van der Waals surface area contributed by atoms with E-state index in [0.717, 1.165) is 16.9 Å². The molecule has 2 aromatic rings. The second kappa shape index (κ2) is 5.41. The number of anilines is 1.